The minimum atomic E-state index is 0.159. The maximum Gasteiger partial charge on any atom is 0.189 e. The first-order chi connectivity index (χ1) is 6.72. The van der Waals surface area contributed by atoms with Crippen LogP contribution in [0.2, 0.25) is 0 Å². The van der Waals surface area contributed by atoms with Crippen LogP contribution in [0.15, 0.2) is 20.4 Å². The Hall–Kier alpha value is -0.700. The molecule has 1 fully saturated rings. The Morgan fingerprint density at radius 1 is 1.57 bits per heavy atom. The van der Waals surface area contributed by atoms with E-state index in [0.717, 1.165) is 35.0 Å². The topological polar surface area (TPSA) is 30.2 Å². The molecule has 0 atom stereocenters. The van der Waals surface area contributed by atoms with Gasteiger partial charge in [0.1, 0.15) is 5.76 Å². The Kier molecular flexibility index (Phi) is 2.68. The molecule has 0 aromatic carbocycles. The van der Waals surface area contributed by atoms with Gasteiger partial charge in [0, 0.05) is 6.07 Å². The smallest absolute Gasteiger partial charge is 0.189 e. The Labute approximate surface area is 87.7 Å². The summed E-state index contributed by atoms with van der Waals surface area (Å²) in [6.07, 6.45) is 2.29. The molecule has 1 aromatic heterocycles. The zero-order chi connectivity index (χ0) is 10.1. The quantitative estimate of drug-likeness (QED) is 0.718. The summed E-state index contributed by atoms with van der Waals surface area (Å²) in [6, 6.07) is 1.60. The fourth-order valence-electron chi connectivity index (χ4n) is 1.57. The van der Waals surface area contributed by atoms with Crippen LogP contribution in [0.25, 0.3) is 0 Å². The number of rotatable bonds is 3. The van der Waals surface area contributed by atoms with E-state index in [1.165, 1.54) is 0 Å². The third-order valence-electron chi connectivity index (χ3n) is 2.33. The van der Waals surface area contributed by atoms with E-state index < -0.39 is 0 Å². The highest BCUT2D eigenvalue weighted by atomic mass is 32.2. The summed E-state index contributed by atoms with van der Waals surface area (Å²) in [7, 11) is 0. The van der Waals surface area contributed by atoms with E-state index >= 15 is 0 Å². The summed E-state index contributed by atoms with van der Waals surface area (Å²) in [5, 5.41) is 0.847. The van der Waals surface area contributed by atoms with Crippen molar-refractivity contribution in [3.05, 3.63) is 27.6 Å². The van der Waals surface area contributed by atoms with Crippen LogP contribution in [0.4, 0.5) is 0 Å². The van der Waals surface area contributed by atoms with Gasteiger partial charge < -0.3 is 4.42 Å². The van der Waals surface area contributed by atoms with Gasteiger partial charge in [-0.1, -0.05) is 18.7 Å². The maximum atomic E-state index is 11.7. The fraction of sp³-hybridized carbons (Fsp3) is 0.545. The normalized spacial score (nSPS) is 15.9. The number of aryl methyl sites for hydroxylation is 1. The van der Waals surface area contributed by atoms with E-state index in [9.17, 15) is 4.79 Å². The summed E-state index contributed by atoms with van der Waals surface area (Å²) in [4.78, 5) is 11.7. The second kappa shape index (κ2) is 3.81. The van der Waals surface area contributed by atoms with E-state index in [1.807, 2.05) is 6.92 Å². The molecule has 0 radical (unpaired) electrons. The summed E-state index contributed by atoms with van der Waals surface area (Å²) < 4.78 is 5.59. The van der Waals surface area contributed by atoms with Gasteiger partial charge in [0.2, 0.25) is 0 Å². The van der Waals surface area contributed by atoms with Gasteiger partial charge in [0.25, 0.3) is 0 Å². The molecule has 76 valence electrons. The molecule has 0 aliphatic heterocycles. The monoisotopic (exact) mass is 210 g/mol. The lowest BCUT2D eigenvalue weighted by Gasteiger charge is -2.05. The molecule has 0 saturated heterocycles. The van der Waals surface area contributed by atoms with Crippen LogP contribution in [-0.2, 0) is 0 Å². The average molecular weight is 210 g/mol. The van der Waals surface area contributed by atoms with Gasteiger partial charge in [0.05, 0.1) is 5.56 Å². The van der Waals surface area contributed by atoms with Crippen molar-refractivity contribution < 1.29 is 4.42 Å². The average Bonchev–Trinajstić information content (AvgIpc) is 2.87. The molecule has 0 amide bonds. The zero-order valence-corrected chi connectivity index (χ0v) is 9.32. The van der Waals surface area contributed by atoms with E-state index in [0.29, 0.717) is 5.92 Å². The van der Waals surface area contributed by atoms with Crippen molar-refractivity contribution in [2.45, 2.75) is 37.7 Å². The van der Waals surface area contributed by atoms with Crippen LogP contribution in [0.5, 0.6) is 0 Å². The predicted octanol–water partition coefficient (Wildman–Crippen LogP) is 2.94. The van der Waals surface area contributed by atoms with Crippen LogP contribution in [-0.4, -0.2) is 5.75 Å². The first-order valence-electron chi connectivity index (χ1n) is 4.99. The summed E-state index contributed by atoms with van der Waals surface area (Å²) >= 11 is 1.63. The van der Waals surface area contributed by atoms with Crippen molar-refractivity contribution in [1.82, 2.24) is 0 Å². The molecule has 1 heterocycles. The van der Waals surface area contributed by atoms with Gasteiger partial charge in [-0.2, -0.15) is 0 Å². The van der Waals surface area contributed by atoms with Gasteiger partial charge in [-0.25, -0.2) is 0 Å². The molecule has 3 heteroatoms. The highest BCUT2D eigenvalue weighted by molar-refractivity contribution is 7.99. The van der Waals surface area contributed by atoms with Crippen LogP contribution >= 0.6 is 11.8 Å². The highest BCUT2D eigenvalue weighted by Gasteiger charge is 2.30. The Balaban J connectivity index is 2.47. The van der Waals surface area contributed by atoms with Crippen molar-refractivity contribution in [2.75, 3.05) is 5.75 Å². The Morgan fingerprint density at radius 3 is 2.86 bits per heavy atom. The third-order valence-corrected chi connectivity index (χ3v) is 3.19. The van der Waals surface area contributed by atoms with Gasteiger partial charge in [-0.05, 0) is 31.4 Å². The number of thioether (sulfide) groups is 1. The van der Waals surface area contributed by atoms with E-state index in [2.05, 4.69) is 6.92 Å². The van der Waals surface area contributed by atoms with Crippen molar-refractivity contribution >= 4 is 11.8 Å². The molecule has 2 nitrogen and oxygen atoms in total. The zero-order valence-electron chi connectivity index (χ0n) is 8.50. The standard InChI is InChI=1S/C11H14O2S/c1-3-14-11-10(8-4-5-8)9(12)6-7(2)13-11/h6,8H,3-5H2,1-2H3. The molecule has 2 rings (SSSR count). The van der Waals surface area contributed by atoms with Gasteiger partial charge >= 0.3 is 0 Å². The minimum absolute atomic E-state index is 0.159. The SMILES string of the molecule is CCSc1oc(C)cc(=O)c1C1CC1. The van der Waals surface area contributed by atoms with Crippen LogP contribution < -0.4 is 5.43 Å². The van der Waals surface area contributed by atoms with Gasteiger partial charge in [-0.3, -0.25) is 4.79 Å². The summed E-state index contributed by atoms with van der Waals surface area (Å²) in [5.41, 5.74) is 1.08. The van der Waals surface area contributed by atoms with Crippen LogP contribution in [0, 0.1) is 6.92 Å². The third kappa shape index (κ3) is 1.87. The van der Waals surface area contributed by atoms with E-state index in [-0.39, 0.29) is 5.43 Å². The minimum Gasteiger partial charge on any atom is -0.455 e. The first kappa shape index (κ1) is 9.84. The summed E-state index contributed by atoms with van der Waals surface area (Å²) in [5.74, 6) is 2.14. The molecule has 1 aliphatic rings. The molecule has 1 aromatic rings. The molecule has 0 bridgehead atoms. The van der Waals surface area contributed by atoms with Crippen molar-refractivity contribution in [2.24, 2.45) is 0 Å². The molecule has 1 saturated carbocycles. The molecule has 0 unspecified atom stereocenters. The van der Waals surface area contributed by atoms with E-state index in [4.69, 9.17) is 4.42 Å². The maximum absolute atomic E-state index is 11.7. The Bertz CT molecular complexity index is 391. The van der Waals surface area contributed by atoms with Crippen LogP contribution in [0.3, 0.4) is 0 Å². The second-order valence-corrected chi connectivity index (χ2v) is 4.87. The number of hydrogen-bond acceptors (Lipinski definition) is 3. The lowest BCUT2D eigenvalue weighted by Crippen LogP contribution is -2.08. The largest absolute Gasteiger partial charge is 0.455 e. The fourth-order valence-corrected chi connectivity index (χ4v) is 2.45. The molecular formula is C11H14O2S. The van der Waals surface area contributed by atoms with Crippen molar-refractivity contribution in [1.29, 1.82) is 0 Å². The van der Waals surface area contributed by atoms with Gasteiger partial charge in [0.15, 0.2) is 10.5 Å². The predicted molar refractivity (Wildman–Crippen MR) is 58.1 cm³/mol. The van der Waals surface area contributed by atoms with Crippen LogP contribution in [0.1, 0.15) is 37.0 Å². The lowest BCUT2D eigenvalue weighted by atomic mass is 10.2. The molecule has 14 heavy (non-hydrogen) atoms. The van der Waals surface area contributed by atoms with E-state index in [1.54, 1.807) is 17.8 Å². The Morgan fingerprint density at radius 2 is 2.29 bits per heavy atom. The summed E-state index contributed by atoms with van der Waals surface area (Å²) in [6.45, 7) is 3.90. The number of hydrogen-bond donors (Lipinski definition) is 0. The van der Waals surface area contributed by atoms with Crippen molar-refractivity contribution in [3.8, 4) is 0 Å². The molecule has 1 aliphatic carbocycles. The van der Waals surface area contributed by atoms with Crippen molar-refractivity contribution in [3.63, 3.8) is 0 Å². The van der Waals surface area contributed by atoms with Gasteiger partial charge in [-0.15, -0.1) is 0 Å². The molecular weight excluding hydrogens is 196 g/mol. The lowest BCUT2D eigenvalue weighted by molar-refractivity contribution is 0.416. The second-order valence-electron chi connectivity index (χ2n) is 3.63. The molecule has 0 spiro atoms. The first-order valence-corrected chi connectivity index (χ1v) is 5.98. The highest BCUT2D eigenvalue weighted by Crippen LogP contribution is 2.42. The molecule has 0 N–H and O–H groups in total.